The third-order valence-corrected chi connectivity index (χ3v) is 6.39. The molecule has 0 aliphatic carbocycles. The van der Waals surface area contributed by atoms with Gasteiger partial charge in [-0.1, -0.05) is 19.1 Å². The van der Waals surface area contributed by atoms with Crippen LogP contribution in [0.3, 0.4) is 0 Å². The fraction of sp³-hybridized carbons (Fsp3) is 0.448. The Bertz CT molecular complexity index is 1230. The number of pyridine rings is 1. The zero-order valence-electron chi connectivity index (χ0n) is 22.8. The first-order chi connectivity index (χ1) is 17.6. The number of hydrogen-bond donors (Lipinski definition) is 0. The fourth-order valence-electron chi connectivity index (χ4n) is 4.60. The number of benzene rings is 2. The van der Waals surface area contributed by atoms with Crippen molar-refractivity contribution in [2.45, 2.75) is 39.7 Å². The molecule has 0 bridgehead atoms. The quantitative estimate of drug-likeness (QED) is 0.394. The summed E-state index contributed by atoms with van der Waals surface area (Å²) in [5.41, 5.74) is 4.19. The van der Waals surface area contributed by atoms with E-state index in [1.807, 2.05) is 45.9 Å². The Labute approximate surface area is 219 Å². The molecule has 198 valence electrons. The van der Waals surface area contributed by atoms with Gasteiger partial charge in [-0.3, -0.25) is 0 Å². The van der Waals surface area contributed by atoms with Crippen LogP contribution in [-0.4, -0.2) is 73.4 Å². The second-order valence-electron chi connectivity index (χ2n) is 10.7. The highest BCUT2D eigenvalue weighted by Crippen LogP contribution is 2.34. The maximum absolute atomic E-state index is 14.0. The van der Waals surface area contributed by atoms with Crippen molar-refractivity contribution in [3.63, 3.8) is 0 Å². The number of ether oxygens (including phenoxy) is 1. The van der Waals surface area contributed by atoms with Gasteiger partial charge in [-0.25, -0.2) is 19.2 Å². The summed E-state index contributed by atoms with van der Waals surface area (Å²) in [6, 6.07) is 15.2. The standard InChI is InChI=1S/C29H38FN5O2/c1-7-14-35(32(5)6)26-20-22-19-23(30)10-13-25(22)31-27(26)21-8-11-24(12-9-21)33-15-17-34(18-16-33)28(36)37-29(2,3)4/h8-13,19-20H,7,14-18H2,1-6H3. The van der Waals surface area contributed by atoms with Crippen molar-refractivity contribution in [3.8, 4) is 11.3 Å². The van der Waals surface area contributed by atoms with Gasteiger partial charge in [0.1, 0.15) is 11.4 Å². The highest BCUT2D eigenvalue weighted by Gasteiger charge is 2.26. The minimum atomic E-state index is -0.493. The van der Waals surface area contributed by atoms with Crippen LogP contribution in [0.4, 0.5) is 20.6 Å². The number of amides is 1. The maximum atomic E-state index is 14.0. The van der Waals surface area contributed by atoms with Crippen LogP contribution in [0, 0.1) is 5.82 Å². The van der Waals surface area contributed by atoms with Gasteiger partial charge in [0.15, 0.2) is 0 Å². The first-order valence-corrected chi connectivity index (χ1v) is 12.9. The largest absolute Gasteiger partial charge is 0.444 e. The van der Waals surface area contributed by atoms with Crippen LogP contribution in [0.1, 0.15) is 34.1 Å². The van der Waals surface area contributed by atoms with E-state index in [1.54, 1.807) is 11.0 Å². The van der Waals surface area contributed by atoms with Gasteiger partial charge in [-0.05, 0) is 63.6 Å². The van der Waals surface area contributed by atoms with Gasteiger partial charge < -0.3 is 19.5 Å². The van der Waals surface area contributed by atoms with Crippen molar-refractivity contribution in [1.82, 2.24) is 14.9 Å². The monoisotopic (exact) mass is 507 g/mol. The molecule has 8 heteroatoms. The van der Waals surface area contributed by atoms with Crippen molar-refractivity contribution >= 4 is 28.4 Å². The Morgan fingerprint density at radius 1 is 1.03 bits per heavy atom. The molecule has 1 amide bonds. The molecular weight excluding hydrogens is 469 g/mol. The Morgan fingerprint density at radius 3 is 2.30 bits per heavy atom. The van der Waals surface area contributed by atoms with Gasteiger partial charge in [0, 0.05) is 63.5 Å². The van der Waals surface area contributed by atoms with Crippen molar-refractivity contribution in [1.29, 1.82) is 0 Å². The number of hydrazine groups is 1. The van der Waals surface area contributed by atoms with E-state index >= 15 is 0 Å². The molecule has 0 spiro atoms. The molecular formula is C29H38FN5O2. The third kappa shape index (κ3) is 6.31. The van der Waals surface area contributed by atoms with E-state index in [-0.39, 0.29) is 11.9 Å². The molecule has 3 aromatic rings. The molecule has 1 saturated heterocycles. The summed E-state index contributed by atoms with van der Waals surface area (Å²) in [6.07, 6.45) is 0.710. The highest BCUT2D eigenvalue weighted by atomic mass is 19.1. The lowest BCUT2D eigenvalue weighted by molar-refractivity contribution is 0.0240. The predicted molar refractivity (Wildman–Crippen MR) is 148 cm³/mol. The second-order valence-corrected chi connectivity index (χ2v) is 10.7. The lowest BCUT2D eigenvalue weighted by atomic mass is 10.1. The van der Waals surface area contributed by atoms with Crippen molar-refractivity contribution < 1.29 is 13.9 Å². The summed E-state index contributed by atoms with van der Waals surface area (Å²) >= 11 is 0. The van der Waals surface area contributed by atoms with Gasteiger partial charge in [-0.15, -0.1) is 0 Å². The van der Waals surface area contributed by atoms with E-state index in [0.29, 0.717) is 13.1 Å². The molecule has 0 atom stereocenters. The molecule has 1 fully saturated rings. The summed E-state index contributed by atoms with van der Waals surface area (Å²) in [6.45, 7) is 11.4. The normalized spacial score (nSPS) is 14.4. The van der Waals surface area contributed by atoms with E-state index in [0.717, 1.165) is 59.6 Å². The number of aromatic nitrogens is 1. The smallest absolute Gasteiger partial charge is 0.410 e. The average molecular weight is 508 g/mol. The molecule has 0 unspecified atom stereocenters. The van der Waals surface area contributed by atoms with Crippen molar-refractivity contribution in [3.05, 3.63) is 54.3 Å². The summed E-state index contributed by atoms with van der Waals surface area (Å²) < 4.78 is 19.5. The summed E-state index contributed by atoms with van der Waals surface area (Å²) in [5, 5.41) is 5.01. The number of nitrogens with zero attached hydrogens (tertiary/aromatic N) is 5. The Hall–Kier alpha value is -3.39. The lowest BCUT2D eigenvalue weighted by Gasteiger charge is -2.36. The van der Waals surface area contributed by atoms with Gasteiger partial charge in [0.25, 0.3) is 0 Å². The van der Waals surface area contributed by atoms with Crippen LogP contribution in [0.15, 0.2) is 48.5 Å². The Kier molecular flexibility index (Phi) is 7.87. The zero-order valence-corrected chi connectivity index (χ0v) is 22.8. The first-order valence-electron chi connectivity index (χ1n) is 12.9. The molecule has 1 aliphatic heterocycles. The van der Waals surface area contributed by atoms with Crippen LogP contribution < -0.4 is 9.91 Å². The summed E-state index contributed by atoms with van der Waals surface area (Å²) in [7, 11) is 4.02. The average Bonchev–Trinajstić information content (AvgIpc) is 2.85. The number of hydrogen-bond acceptors (Lipinski definition) is 6. The lowest BCUT2D eigenvalue weighted by Crippen LogP contribution is -2.50. The molecule has 1 aromatic heterocycles. The Morgan fingerprint density at radius 2 is 1.70 bits per heavy atom. The van der Waals surface area contributed by atoms with E-state index in [2.05, 4.69) is 41.1 Å². The van der Waals surface area contributed by atoms with Gasteiger partial charge in [0.2, 0.25) is 0 Å². The van der Waals surface area contributed by atoms with E-state index in [1.165, 1.54) is 12.1 Å². The predicted octanol–water partition coefficient (Wildman–Crippen LogP) is 5.79. The van der Waals surface area contributed by atoms with Crippen LogP contribution >= 0.6 is 0 Å². The van der Waals surface area contributed by atoms with Crippen molar-refractivity contribution in [2.24, 2.45) is 0 Å². The molecule has 4 rings (SSSR count). The van der Waals surface area contributed by atoms with E-state index in [4.69, 9.17) is 9.72 Å². The van der Waals surface area contributed by atoms with Crippen LogP contribution in [-0.2, 0) is 4.74 Å². The summed E-state index contributed by atoms with van der Waals surface area (Å²) in [4.78, 5) is 21.4. The molecule has 0 saturated carbocycles. The maximum Gasteiger partial charge on any atom is 0.410 e. The Balaban J connectivity index is 1.58. The number of piperazine rings is 1. The second kappa shape index (κ2) is 10.9. The third-order valence-electron chi connectivity index (χ3n) is 6.39. The fourth-order valence-corrected chi connectivity index (χ4v) is 4.60. The number of carbonyl (C=O) groups excluding carboxylic acids is 1. The van der Waals surface area contributed by atoms with Crippen LogP contribution in [0.2, 0.25) is 0 Å². The zero-order chi connectivity index (χ0) is 26.7. The number of halogens is 1. The highest BCUT2D eigenvalue weighted by molar-refractivity contribution is 5.89. The number of anilines is 2. The molecule has 7 nitrogen and oxygen atoms in total. The number of carbonyl (C=O) groups is 1. The molecule has 0 N–H and O–H groups in total. The number of rotatable bonds is 6. The topological polar surface area (TPSA) is 52.2 Å². The minimum absolute atomic E-state index is 0.255. The van der Waals surface area contributed by atoms with Crippen molar-refractivity contribution in [2.75, 3.05) is 56.7 Å². The van der Waals surface area contributed by atoms with Crippen LogP contribution in [0.5, 0.6) is 0 Å². The van der Waals surface area contributed by atoms with Gasteiger partial charge in [-0.2, -0.15) is 0 Å². The molecule has 2 heterocycles. The molecule has 0 radical (unpaired) electrons. The minimum Gasteiger partial charge on any atom is -0.444 e. The SMILES string of the molecule is CCCN(c1cc2cc(F)ccc2nc1-c1ccc(N2CCN(C(=O)OC(C)(C)C)CC2)cc1)N(C)C. The number of fused-ring (bicyclic) bond motifs is 1. The van der Waals surface area contributed by atoms with Crippen LogP contribution in [0.25, 0.3) is 22.2 Å². The molecule has 2 aromatic carbocycles. The molecule has 37 heavy (non-hydrogen) atoms. The van der Waals surface area contributed by atoms with E-state index < -0.39 is 5.60 Å². The summed E-state index contributed by atoms with van der Waals surface area (Å²) in [5.74, 6) is -0.268. The molecule has 1 aliphatic rings. The van der Waals surface area contributed by atoms with Gasteiger partial charge >= 0.3 is 6.09 Å². The first kappa shape index (κ1) is 26.7. The van der Waals surface area contributed by atoms with Gasteiger partial charge in [0.05, 0.1) is 16.9 Å². The van der Waals surface area contributed by atoms with E-state index in [9.17, 15) is 9.18 Å².